The van der Waals surface area contributed by atoms with Gasteiger partial charge in [-0.15, -0.1) is 0 Å². The standard InChI is InChI=1S/C16H19NO7/c1-21-15(19)11-9-23-10-17(14(11)16(20)22-2)12-5-3-4-6-13(12)24-8-7-18/h3-6,18H,7-10H2,1-2H3. The summed E-state index contributed by atoms with van der Waals surface area (Å²) in [7, 11) is 2.45. The number of hydrogen-bond acceptors (Lipinski definition) is 8. The lowest BCUT2D eigenvalue weighted by atomic mass is 10.1. The fourth-order valence-corrected chi connectivity index (χ4v) is 2.29. The summed E-state index contributed by atoms with van der Waals surface area (Å²) in [6.07, 6.45) is 0. The molecule has 2 rings (SSSR count). The van der Waals surface area contributed by atoms with Gasteiger partial charge in [0.15, 0.2) is 0 Å². The summed E-state index contributed by atoms with van der Waals surface area (Å²) in [5, 5.41) is 8.95. The first-order valence-corrected chi connectivity index (χ1v) is 7.21. The van der Waals surface area contributed by atoms with Crippen LogP contribution in [-0.2, 0) is 23.8 Å². The fraction of sp³-hybridized carbons (Fsp3) is 0.375. The molecule has 0 amide bonds. The number of hydrogen-bond donors (Lipinski definition) is 1. The molecule has 0 aliphatic carbocycles. The van der Waals surface area contributed by atoms with Crippen LogP contribution in [0, 0.1) is 0 Å². The van der Waals surface area contributed by atoms with Crippen LogP contribution in [0.2, 0.25) is 0 Å². The van der Waals surface area contributed by atoms with E-state index in [4.69, 9.17) is 24.1 Å². The molecular formula is C16H19NO7. The van der Waals surface area contributed by atoms with Crippen molar-refractivity contribution in [1.29, 1.82) is 0 Å². The van der Waals surface area contributed by atoms with E-state index in [0.29, 0.717) is 11.4 Å². The largest absolute Gasteiger partial charge is 0.489 e. The van der Waals surface area contributed by atoms with Crippen molar-refractivity contribution >= 4 is 17.6 Å². The highest BCUT2D eigenvalue weighted by Gasteiger charge is 2.33. The van der Waals surface area contributed by atoms with Gasteiger partial charge in [-0.2, -0.15) is 0 Å². The first-order chi connectivity index (χ1) is 11.6. The van der Waals surface area contributed by atoms with E-state index in [9.17, 15) is 9.59 Å². The molecule has 1 N–H and O–H groups in total. The molecule has 1 heterocycles. The van der Waals surface area contributed by atoms with E-state index in [-0.39, 0.29) is 37.8 Å². The van der Waals surface area contributed by atoms with Crippen LogP contribution in [-0.4, -0.2) is 57.8 Å². The van der Waals surface area contributed by atoms with Gasteiger partial charge in [-0.1, -0.05) is 12.1 Å². The van der Waals surface area contributed by atoms with Crippen molar-refractivity contribution in [3.05, 3.63) is 35.5 Å². The third-order valence-corrected chi connectivity index (χ3v) is 3.34. The lowest BCUT2D eigenvalue weighted by Crippen LogP contribution is -2.39. The second-order valence-electron chi connectivity index (χ2n) is 4.76. The molecule has 24 heavy (non-hydrogen) atoms. The van der Waals surface area contributed by atoms with Gasteiger partial charge in [0.2, 0.25) is 0 Å². The van der Waals surface area contributed by atoms with E-state index in [1.165, 1.54) is 19.1 Å². The zero-order valence-corrected chi connectivity index (χ0v) is 13.5. The highest BCUT2D eigenvalue weighted by atomic mass is 16.5. The molecule has 0 aromatic heterocycles. The Kier molecular flexibility index (Phi) is 6.16. The molecule has 0 radical (unpaired) electrons. The van der Waals surface area contributed by atoms with Gasteiger partial charge in [-0.05, 0) is 12.1 Å². The zero-order chi connectivity index (χ0) is 17.5. The van der Waals surface area contributed by atoms with Gasteiger partial charge in [0.1, 0.15) is 24.8 Å². The van der Waals surface area contributed by atoms with Gasteiger partial charge in [0.05, 0.1) is 38.7 Å². The molecule has 0 spiro atoms. The van der Waals surface area contributed by atoms with Crippen molar-refractivity contribution in [3.8, 4) is 5.75 Å². The molecule has 0 atom stereocenters. The van der Waals surface area contributed by atoms with Gasteiger partial charge in [0.25, 0.3) is 0 Å². The SMILES string of the molecule is COC(=O)C1=C(C(=O)OC)N(c2ccccc2OCCO)COC1. The van der Waals surface area contributed by atoms with E-state index in [1.807, 2.05) is 0 Å². The van der Waals surface area contributed by atoms with Crippen molar-refractivity contribution in [2.24, 2.45) is 0 Å². The second kappa shape index (κ2) is 8.32. The Morgan fingerprint density at radius 2 is 1.92 bits per heavy atom. The number of aliphatic hydroxyl groups excluding tert-OH is 1. The molecule has 1 aromatic rings. The summed E-state index contributed by atoms with van der Waals surface area (Å²) in [6.45, 7) is -0.0948. The molecule has 0 unspecified atom stereocenters. The summed E-state index contributed by atoms with van der Waals surface area (Å²) in [6, 6.07) is 6.90. The van der Waals surface area contributed by atoms with E-state index in [0.717, 1.165) is 0 Å². The average Bonchev–Trinajstić information content (AvgIpc) is 2.64. The number of carbonyl (C=O) groups is 2. The smallest absolute Gasteiger partial charge is 0.355 e. The lowest BCUT2D eigenvalue weighted by Gasteiger charge is -2.32. The topological polar surface area (TPSA) is 94.5 Å². The van der Waals surface area contributed by atoms with Crippen LogP contribution in [0.5, 0.6) is 5.75 Å². The number of esters is 2. The lowest BCUT2D eigenvalue weighted by molar-refractivity contribution is -0.140. The third kappa shape index (κ3) is 3.66. The van der Waals surface area contributed by atoms with Gasteiger partial charge < -0.3 is 29.0 Å². The van der Waals surface area contributed by atoms with Crippen LogP contribution in [0.4, 0.5) is 5.69 Å². The third-order valence-electron chi connectivity index (χ3n) is 3.34. The highest BCUT2D eigenvalue weighted by molar-refractivity contribution is 6.03. The van der Waals surface area contributed by atoms with Gasteiger partial charge >= 0.3 is 11.9 Å². The molecule has 0 saturated carbocycles. The monoisotopic (exact) mass is 337 g/mol. The molecule has 8 heteroatoms. The summed E-state index contributed by atoms with van der Waals surface area (Å²) >= 11 is 0. The Morgan fingerprint density at radius 3 is 2.58 bits per heavy atom. The molecular weight excluding hydrogens is 318 g/mol. The molecule has 0 fully saturated rings. The van der Waals surface area contributed by atoms with Crippen LogP contribution >= 0.6 is 0 Å². The molecule has 1 aliphatic rings. The van der Waals surface area contributed by atoms with Crippen molar-refractivity contribution in [1.82, 2.24) is 0 Å². The predicted molar refractivity (Wildman–Crippen MR) is 83.4 cm³/mol. The van der Waals surface area contributed by atoms with Gasteiger partial charge in [-0.25, -0.2) is 9.59 Å². The number of rotatable bonds is 6. The highest BCUT2D eigenvalue weighted by Crippen LogP contribution is 2.33. The second-order valence-corrected chi connectivity index (χ2v) is 4.76. The summed E-state index contributed by atoms with van der Waals surface area (Å²) in [4.78, 5) is 25.7. The number of benzene rings is 1. The first-order valence-electron chi connectivity index (χ1n) is 7.21. The Morgan fingerprint density at radius 1 is 1.21 bits per heavy atom. The number of aliphatic hydroxyl groups is 1. The maximum atomic E-state index is 12.2. The first kappa shape index (κ1) is 17.8. The summed E-state index contributed by atoms with van der Waals surface area (Å²) < 4.78 is 20.4. The zero-order valence-electron chi connectivity index (χ0n) is 13.5. The van der Waals surface area contributed by atoms with E-state index >= 15 is 0 Å². The summed E-state index contributed by atoms with van der Waals surface area (Å²) in [5.74, 6) is -0.924. The normalized spacial score (nSPS) is 14.4. The minimum atomic E-state index is -0.685. The minimum Gasteiger partial charge on any atom is -0.489 e. The Hall–Kier alpha value is -2.58. The molecule has 1 aliphatic heterocycles. The maximum Gasteiger partial charge on any atom is 0.355 e. The van der Waals surface area contributed by atoms with Gasteiger partial charge in [0, 0.05) is 0 Å². The van der Waals surface area contributed by atoms with Crippen molar-refractivity contribution in [2.45, 2.75) is 0 Å². The number of nitrogens with zero attached hydrogens (tertiary/aromatic N) is 1. The molecule has 8 nitrogen and oxygen atoms in total. The minimum absolute atomic E-state index is 0.0322. The number of ether oxygens (including phenoxy) is 4. The molecule has 130 valence electrons. The van der Waals surface area contributed by atoms with Gasteiger partial charge in [-0.3, -0.25) is 0 Å². The molecule has 0 bridgehead atoms. The Balaban J connectivity index is 2.51. The van der Waals surface area contributed by atoms with Crippen LogP contribution in [0.1, 0.15) is 0 Å². The predicted octanol–water partition coefficient (Wildman–Crippen LogP) is 0.452. The van der Waals surface area contributed by atoms with Crippen molar-refractivity contribution in [2.75, 3.05) is 45.7 Å². The van der Waals surface area contributed by atoms with Crippen LogP contribution in [0.15, 0.2) is 35.5 Å². The van der Waals surface area contributed by atoms with Crippen LogP contribution < -0.4 is 9.64 Å². The molecule has 0 saturated heterocycles. The number of methoxy groups -OCH3 is 2. The van der Waals surface area contributed by atoms with E-state index < -0.39 is 11.9 Å². The Labute approximate surface area is 139 Å². The average molecular weight is 337 g/mol. The number of anilines is 1. The summed E-state index contributed by atoms with van der Waals surface area (Å²) in [5.41, 5.74) is 0.607. The maximum absolute atomic E-state index is 12.2. The van der Waals surface area contributed by atoms with Crippen molar-refractivity contribution in [3.63, 3.8) is 0 Å². The van der Waals surface area contributed by atoms with E-state index in [1.54, 1.807) is 24.3 Å². The van der Waals surface area contributed by atoms with Crippen LogP contribution in [0.3, 0.4) is 0 Å². The van der Waals surface area contributed by atoms with Crippen LogP contribution in [0.25, 0.3) is 0 Å². The molecule has 1 aromatic carbocycles. The van der Waals surface area contributed by atoms with E-state index in [2.05, 4.69) is 0 Å². The fourth-order valence-electron chi connectivity index (χ4n) is 2.29. The Bertz CT molecular complexity index is 641. The van der Waals surface area contributed by atoms with Crippen molar-refractivity contribution < 1.29 is 33.6 Å². The quantitative estimate of drug-likeness (QED) is 0.748. The number of para-hydroxylation sites is 2. The number of carbonyl (C=O) groups excluding carboxylic acids is 2.